The van der Waals surface area contributed by atoms with E-state index in [1.807, 2.05) is 0 Å². The highest BCUT2D eigenvalue weighted by Gasteiger charge is 2.23. The summed E-state index contributed by atoms with van der Waals surface area (Å²) in [6.07, 6.45) is 4.21. The summed E-state index contributed by atoms with van der Waals surface area (Å²) in [5.41, 5.74) is 0.327. The van der Waals surface area contributed by atoms with Crippen molar-refractivity contribution in [1.29, 1.82) is 0 Å². The molecule has 192 valence electrons. The highest BCUT2D eigenvalue weighted by molar-refractivity contribution is 6.16. The average Bonchev–Trinajstić information content (AvgIpc) is 3.54. The van der Waals surface area contributed by atoms with Crippen molar-refractivity contribution in [3.63, 3.8) is 0 Å². The number of fused-ring (bicyclic) bond motifs is 2. The second-order valence-electron chi connectivity index (χ2n) is 8.85. The summed E-state index contributed by atoms with van der Waals surface area (Å²) in [7, 11) is 0. The third-order valence-electron chi connectivity index (χ3n) is 6.50. The predicted molar refractivity (Wildman–Crippen MR) is 132 cm³/mol. The van der Waals surface area contributed by atoms with Crippen LogP contribution in [0.2, 0.25) is 0 Å². The van der Waals surface area contributed by atoms with Gasteiger partial charge in [0.05, 0.1) is 36.4 Å². The van der Waals surface area contributed by atoms with Crippen LogP contribution in [0.5, 0.6) is 0 Å². The Hall–Kier alpha value is -4.71. The number of morpholine rings is 1. The van der Waals surface area contributed by atoms with E-state index in [-0.39, 0.29) is 28.9 Å². The highest BCUT2D eigenvalue weighted by Crippen LogP contribution is 2.23. The Labute approximate surface area is 212 Å². The molecule has 5 aromatic rings. The van der Waals surface area contributed by atoms with E-state index < -0.39 is 28.5 Å². The molecule has 0 aliphatic carbocycles. The van der Waals surface area contributed by atoms with Crippen molar-refractivity contribution in [2.45, 2.75) is 6.54 Å². The minimum atomic E-state index is -0.981. The van der Waals surface area contributed by atoms with Crippen molar-refractivity contribution in [2.24, 2.45) is 0 Å². The number of carbonyl (C=O) groups excluding carboxylic acids is 2. The van der Waals surface area contributed by atoms with E-state index >= 15 is 0 Å². The number of nitrogens with zero attached hydrogens (tertiary/aromatic N) is 4. The molecule has 4 aromatic heterocycles. The van der Waals surface area contributed by atoms with Gasteiger partial charge in [-0.15, -0.1) is 0 Å². The average molecular weight is 518 g/mol. The molecule has 1 aliphatic heterocycles. The van der Waals surface area contributed by atoms with Crippen molar-refractivity contribution in [3.05, 3.63) is 93.4 Å². The zero-order valence-electron chi connectivity index (χ0n) is 19.8. The fourth-order valence-corrected chi connectivity index (χ4v) is 4.57. The van der Waals surface area contributed by atoms with Crippen LogP contribution in [0.1, 0.15) is 32.1 Å². The Morgan fingerprint density at radius 1 is 1.11 bits per heavy atom. The van der Waals surface area contributed by atoms with Gasteiger partial charge in [-0.1, -0.05) is 6.07 Å². The molecule has 0 spiro atoms. The van der Waals surface area contributed by atoms with Gasteiger partial charge in [0.1, 0.15) is 23.0 Å². The second-order valence-corrected chi connectivity index (χ2v) is 8.85. The smallest absolute Gasteiger partial charge is 0.275 e. The molecule has 0 bridgehead atoms. The number of pyridine rings is 2. The Kier molecular flexibility index (Phi) is 5.80. The van der Waals surface area contributed by atoms with Crippen LogP contribution in [0, 0.1) is 11.6 Å². The zero-order chi connectivity index (χ0) is 26.4. The number of nitrogens with one attached hydrogen (secondary N) is 2. The number of halogens is 2. The summed E-state index contributed by atoms with van der Waals surface area (Å²) in [4.78, 5) is 55.0. The van der Waals surface area contributed by atoms with Gasteiger partial charge >= 0.3 is 0 Å². The van der Waals surface area contributed by atoms with Crippen molar-refractivity contribution in [3.8, 4) is 0 Å². The predicted octanol–water partition coefficient (Wildman–Crippen LogP) is 2.63. The van der Waals surface area contributed by atoms with Gasteiger partial charge in [-0.2, -0.15) is 0 Å². The minimum Gasteiger partial charge on any atom is -0.378 e. The third-order valence-corrected chi connectivity index (χ3v) is 6.50. The van der Waals surface area contributed by atoms with Crippen molar-refractivity contribution < 1.29 is 23.1 Å². The third kappa shape index (κ3) is 4.04. The number of imidazole rings is 1. The molecule has 12 heteroatoms. The highest BCUT2D eigenvalue weighted by atomic mass is 19.1. The summed E-state index contributed by atoms with van der Waals surface area (Å²) in [5.74, 6) is -2.54. The molecule has 10 nitrogen and oxygen atoms in total. The van der Waals surface area contributed by atoms with Gasteiger partial charge in [0.15, 0.2) is 5.65 Å². The molecule has 1 amide bonds. The summed E-state index contributed by atoms with van der Waals surface area (Å²) < 4.78 is 35.0. The lowest BCUT2D eigenvalue weighted by Gasteiger charge is -2.26. The topological polar surface area (TPSA) is 126 Å². The number of ketones is 1. The molecule has 0 saturated carbocycles. The van der Waals surface area contributed by atoms with Crippen molar-refractivity contribution >= 4 is 33.8 Å². The largest absolute Gasteiger partial charge is 0.378 e. The maximum Gasteiger partial charge on any atom is 0.275 e. The lowest BCUT2D eigenvalue weighted by Crippen LogP contribution is -2.40. The van der Waals surface area contributed by atoms with E-state index in [1.165, 1.54) is 35.3 Å². The summed E-state index contributed by atoms with van der Waals surface area (Å²) >= 11 is 0. The fraction of sp³-hybridized carbons (Fsp3) is 0.192. The molecule has 0 radical (unpaired) electrons. The maximum atomic E-state index is 14.2. The van der Waals surface area contributed by atoms with Crippen LogP contribution in [0.25, 0.3) is 22.1 Å². The molecule has 2 N–H and O–H groups in total. The van der Waals surface area contributed by atoms with Crippen molar-refractivity contribution in [1.82, 2.24) is 29.4 Å². The molecule has 1 saturated heterocycles. The lowest BCUT2D eigenvalue weighted by molar-refractivity contribution is 0.0302. The molecule has 1 aromatic carbocycles. The SMILES string of the molecule is O=C(c1c(F)cccc1F)c1c[nH]c2c(=O)n(Cc3nc4ncc(C(=O)N5CCOCC5)cc4[nH]3)ccc12. The van der Waals surface area contributed by atoms with Gasteiger partial charge in [-0.25, -0.2) is 18.7 Å². The number of hydrogen-bond acceptors (Lipinski definition) is 6. The number of hydrogen-bond donors (Lipinski definition) is 2. The summed E-state index contributed by atoms with van der Waals surface area (Å²) in [6.45, 7) is 2.06. The van der Waals surface area contributed by atoms with E-state index in [0.717, 1.165) is 12.1 Å². The van der Waals surface area contributed by atoms with Gasteiger partial charge < -0.3 is 24.2 Å². The van der Waals surface area contributed by atoms with E-state index in [2.05, 4.69) is 19.9 Å². The zero-order valence-corrected chi connectivity index (χ0v) is 19.8. The summed E-state index contributed by atoms with van der Waals surface area (Å²) in [5, 5.41) is 0.247. The molecule has 38 heavy (non-hydrogen) atoms. The first-order chi connectivity index (χ1) is 18.4. The standard InChI is InChI=1S/C26H20F2N6O4/c27-17-2-1-3-18(28)21(17)23(35)16-12-29-22-15(16)4-5-34(26(22)37)13-20-31-19-10-14(11-30-24(19)32-20)25(36)33-6-8-38-9-7-33/h1-5,10-12,29H,6-9,13H2,(H,30,31,32). The Morgan fingerprint density at radius 3 is 2.63 bits per heavy atom. The molecule has 6 rings (SSSR count). The molecule has 0 unspecified atom stereocenters. The number of carbonyl (C=O) groups is 2. The number of H-pyrrole nitrogens is 2. The first kappa shape index (κ1) is 23.7. The van der Waals surface area contributed by atoms with Crippen LogP contribution in [-0.4, -0.2) is 67.4 Å². The van der Waals surface area contributed by atoms with Crippen LogP contribution in [0.15, 0.2) is 53.7 Å². The first-order valence-corrected chi connectivity index (χ1v) is 11.8. The van der Waals surface area contributed by atoms with E-state index in [1.54, 1.807) is 11.0 Å². The van der Waals surface area contributed by atoms with Gasteiger partial charge in [0, 0.05) is 42.6 Å². The Morgan fingerprint density at radius 2 is 1.87 bits per heavy atom. The molecule has 5 heterocycles. The monoisotopic (exact) mass is 518 g/mol. The minimum absolute atomic E-state index is 0.0151. The molecular formula is C26H20F2N6O4. The number of aromatic nitrogens is 5. The number of ether oxygens (including phenoxy) is 1. The molecule has 0 atom stereocenters. The van der Waals surface area contributed by atoms with Crippen LogP contribution >= 0.6 is 0 Å². The molecule has 1 fully saturated rings. The number of aromatic amines is 2. The Balaban J connectivity index is 1.28. The number of rotatable bonds is 5. The fourth-order valence-electron chi connectivity index (χ4n) is 4.57. The van der Waals surface area contributed by atoms with Crippen LogP contribution in [-0.2, 0) is 11.3 Å². The number of benzene rings is 1. The Bertz CT molecular complexity index is 1760. The van der Waals surface area contributed by atoms with E-state index in [4.69, 9.17) is 4.74 Å². The van der Waals surface area contributed by atoms with Crippen LogP contribution in [0.4, 0.5) is 8.78 Å². The van der Waals surface area contributed by atoms with Crippen LogP contribution < -0.4 is 5.56 Å². The maximum absolute atomic E-state index is 14.2. The van der Waals surface area contributed by atoms with Gasteiger partial charge in [0.25, 0.3) is 11.5 Å². The van der Waals surface area contributed by atoms with Crippen LogP contribution in [0.3, 0.4) is 0 Å². The molecule has 1 aliphatic rings. The second kappa shape index (κ2) is 9.30. The molecular weight excluding hydrogens is 498 g/mol. The van der Waals surface area contributed by atoms with Gasteiger partial charge in [-0.3, -0.25) is 14.4 Å². The normalized spacial score (nSPS) is 13.9. The number of amides is 1. The summed E-state index contributed by atoms with van der Waals surface area (Å²) in [6, 6.07) is 6.38. The lowest BCUT2D eigenvalue weighted by atomic mass is 10.0. The van der Waals surface area contributed by atoms with E-state index in [9.17, 15) is 23.2 Å². The van der Waals surface area contributed by atoms with Crippen molar-refractivity contribution in [2.75, 3.05) is 26.3 Å². The van der Waals surface area contributed by atoms with Gasteiger partial charge in [0.2, 0.25) is 5.78 Å². The quantitative estimate of drug-likeness (QED) is 0.345. The van der Waals surface area contributed by atoms with E-state index in [0.29, 0.717) is 48.9 Å². The first-order valence-electron chi connectivity index (χ1n) is 11.8. The van der Waals surface area contributed by atoms with Gasteiger partial charge in [-0.05, 0) is 24.3 Å².